The summed E-state index contributed by atoms with van der Waals surface area (Å²) in [5.41, 5.74) is 5.72. The summed E-state index contributed by atoms with van der Waals surface area (Å²) >= 11 is 0. The molecule has 4 nitrogen and oxygen atoms in total. The minimum atomic E-state index is -2.23. The SMILES string of the molecule is C[C@H](C(Cc1ccccc1)O[Si](C)(C)C(C)(C)C)[C@H](NC1(c2ccccc2)c2ccccc2-c2ccccc21)C(=O)O. The molecule has 0 saturated carbocycles. The van der Waals surface area contributed by atoms with Crippen LogP contribution in [-0.2, 0) is 21.2 Å². The average Bonchev–Trinajstić information content (AvgIpc) is 3.26. The van der Waals surface area contributed by atoms with Crippen LogP contribution >= 0.6 is 0 Å². The maximum absolute atomic E-state index is 13.3. The molecule has 1 aliphatic rings. The topological polar surface area (TPSA) is 58.6 Å². The summed E-state index contributed by atoms with van der Waals surface area (Å²) in [6.45, 7) is 13.2. The van der Waals surface area contributed by atoms with Gasteiger partial charge in [0.25, 0.3) is 0 Å². The van der Waals surface area contributed by atoms with Crippen molar-refractivity contribution in [2.75, 3.05) is 0 Å². The van der Waals surface area contributed by atoms with E-state index in [1.54, 1.807) is 0 Å². The summed E-state index contributed by atoms with van der Waals surface area (Å²) in [5.74, 6) is -1.21. The standard InChI is InChI=1S/C37H43NO3Si/c1-26(33(25-27-17-9-7-10-18-27)41-42(5,6)36(2,3)4)34(35(39)40)38-37(28-19-11-8-12-20-28)31-23-15-13-21-29(31)30-22-14-16-24-32(30)37/h7-24,26,33-34,38H,25H2,1-6H3,(H,39,40)/t26-,33?,34+/m1/s1. The molecule has 0 saturated heterocycles. The molecule has 4 aromatic carbocycles. The maximum Gasteiger partial charge on any atom is 0.321 e. The Bertz CT molecular complexity index is 1480. The van der Waals surface area contributed by atoms with Gasteiger partial charge in [-0.15, -0.1) is 0 Å². The zero-order chi connectivity index (χ0) is 30.1. The Morgan fingerprint density at radius 1 is 0.810 bits per heavy atom. The van der Waals surface area contributed by atoms with E-state index < -0.39 is 25.9 Å². The fraction of sp³-hybridized carbons (Fsp3) is 0.324. The van der Waals surface area contributed by atoms with Gasteiger partial charge in [-0.3, -0.25) is 10.1 Å². The van der Waals surface area contributed by atoms with Crippen LogP contribution in [0.15, 0.2) is 109 Å². The molecule has 42 heavy (non-hydrogen) atoms. The van der Waals surface area contributed by atoms with Crippen LogP contribution in [0.5, 0.6) is 0 Å². The third-order valence-corrected chi connectivity index (χ3v) is 13.9. The van der Waals surface area contributed by atoms with Crippen LogP contribution in [0.3, 0.4) is 0 Å². The van der Waals surface area contributed by atoms with Crippen LogP contribution < -0.4 is 5.32 Å². The van der Waals surface area contributed by atoms with Crippen LogP contribution in [0.4, 0.5) is 0 Å². The molecular weight excluding hydrogens is 534 g/mol. The highest BCUT2D eigenvalue weighted by atomic mass is 28.4. The molecule has 0 aromatic heterocycles. The van der Waals surface area contributed by atoms with Gasteiger partial charge in [0.05, 0.1) is 11.6 Å². The summed E-state index contributed by atoms with van der Waals surface area (Å²) in [4.78, 5) is 13.3. The Balaban J connectivity index is 1.64. The van der Waals surface area contributed by atoms with Gasteiger partial charge >= 0.3 is 5.97 Å². The number of rotatable bonds is 10. The Morgan fingerprint density at radius 2 is 1.29 bits per heavy atom. The Morgan fingerprint density at radius 3 is 1.79 bits per heavy atom. The van der Waals surface area contributed by atoms with E-state index in [4.69, 9.17) is 4.43 Å². The minimum absolute atomic E-state index is 0.0115. The second-order valence-corrected chi connectivity index (χ2v) is 17.9. The molecule has 0 radical (unpaired) electrons. The molecule has 0 bridgehead atoms. The summed E-state index contributed by atoms with van der Waals surface area (Å²) in [7, 11) is -2.23. The van der Waals surface area contributed by atoms with Gasteiger partial charge in [0.1, 0.15) is 6.04 Å². The summed E-state index contributed by atoms with van der Waals surface area (Å²) in [5, 5.41) is 14.7. The normalized spacial score (nSPS) is 16.2. The van der Waals surface area contributed by atoms with Gasteiger partial charge in [0.15, 0.2) is 8.32 Å². The summed E-state index contributed by atoms with van der Waals surface area (Å²) in [6.07, 6.45) is 0.354. The lowest BCUT2D eigenvalue weighted by Crippen LogP contribution is -2.57. The fourth-order valence-electron chi connectivity index (χ4n) is 6.08. The van der Waals surface area contributed by atoms with Crippen molar-refractivity contribution in [3.05, 3.63) is 131 Å². The molecule has 0 fully saturated rings. The maximum atomic E-state index is 13.3. The first kappa shape index (κ1) is 30.0. The molecule has 2 N–H and O–H groups in total. The quantitative estimate of drug-likeness (QED) is 0.186. The fourth-order valence-corrected chi connectivity index (χ4v) is 7.48. The van der Waals surface area contributed by atoms with Gasteiger partial charge in [-0.2, -0.15) is 0 Å². The van der Waals surface area contributed by atoms with E-state index in [0.29, 0.717) is 6.42 Å². The number of hydrogen-bond donors (Lipinski definition) is 2. The first-order chi connectivity index (χ1) is 20.0. The second-order valence-electron chi connectivity index (χ2n) is 13.1. The third kappa shape index (κ3) is 5.49. The van der Waals surface area contributed by atoms with E-state index >= 15 is 0 Å². The number of aliphatic carboxylic acids is 1. The molecule has 0 amide bonds. The van der Waals surface area contributed by atoms with E-state index in [2.05, 4.69) is 99.8 Å². The van der Waals surface area contributed by atoms with E-state index in [1.165, 1.54) is 0 Å². The summed E-state index contributed by atoms with van der Waals surface area (Å²) < 4.78 is 7.08. The Kier molecular flexibility index (Phi) is 8.30. The Hall–Kier alpha value is -3.51. The van der Waals surface area contributed by atoms with Crippen LogP contribution in [-0.4, -0.2) is 31.5 Å². The van der Waals surface area contributed by atoms with Crippen LogP contribution in [0, 0.1) is 5.92 Å². The monoisotopic (exact) mass is 577 g/mol. The highest BCUT2D eigenvalue weighted by Crippen LogP contribution is 2.51. The zero-order valence-corrected chi connectivity index (χ0v) is 26.6. The molecule has 5 rings (SSSR count). The molecule has 0 heterocycles. The van der Waals surface area contributed by atoms with Gasteiger partial charge in [-0.1, -0.05) is 137 Å². The average molecular weight is 578 g/mol. The van der Waals surface area contributed by atoms with Crippen molar-refractivity contribution in [1.29, 1.82) is 0 Å². The lowest BCUT2D eigenvalue weighted by Gasteiger charge is -2.44. The predicted molar refractivity (Wildman–Crippen MR) is 174 cm³/mol. The van der Waals surface area contributed by atoms with Crippen molar-refractivity contribution in [2.24, 2.45) is 5.92 Å². The lowest BCUT2D eigenvalue weighted by molar-refractivity contribution is -0.142. The Labute approximate surface area is 251 Å². The van der Waals surface area contributed by atoms with Crippen molar-refractivity contribution in [1.82, 2.24) is 5.32 Å². The smallest absolute Gasteiger partial charge is 0.321 e. The van der Waals surface area contributed by atoms with Crippen molar-refractivity contribution in [2.45, 2.75) is 69.9 Å². The van der Waals surface area contributed by atoms with Crippen LogP contribution in [0.25, 0.3) is 11.1 Å². The summed E-state index contributed by atoms with van der Waals surface area (Å²) in [6, 6.07) is 36.4. The molecule has 1 unspecified atom stereocenters. The lowest BCUT2D eigenvalue weighted by atomic mass is 9.78. The number of hydrogen-bond acceptors (Lipinski definition) is 3. The number of nitrogens with one attached hydrogen (secondary N) is 1. The van der Waals surface area contributed by atoms with Crippen molar-refractivity contribution in [3.63, 3.8) is 0 Å². The molecule has 218 valence electrons. The van der Waals surface area contributed by atoms with Crippen molar-refractivity contribution < 1.29 is 14.3 Å². The molecule has 5 heteroatoms. The molecule has 1 aliphatic carbocycles. The number of carboxylic acid groups (broad SMARTS) is 1. The van der Waals surface area contributed by atoms with Gasteiger partial charge < -0.3 is 9.53 Å². The number of carboxylic acids is 1. The highest BCUT2D eigenvalue weighted by Gasteiger charge is 2.49. The van der Waals surface area contributed by atoms with E-state index in [1.807, 2.05) is 55.5 Å². The molecule has 4 aromatic rings. The third-order valence-electron chi connectivity index (χ3n) is 9.44. The van der Waals surface area contributed by atoms with Crippen LogP contribution in [0.1, 0.15) is 49.9 Å². The first-order valence-electron chi connectivity index (χ1n) is 14.9. The molecule has 0 aliphatic heterocycles. The van der Waals surface area contributed by atoms with Gasteiger partial charge in [0.2, 0.25) is 0 Å². The van der Waals surface area contributed by atoms with Gasteiger partial charge in [-0.25, -0.2) is 0 Å². The first-order valence-corrected chi connectivity index (χ1v) is 17.8. The van der Waals surface area contributed by atoms with Gasteiger partial charge in [0, 0.05) is 5.92 Å². The number of carbonyl (C=O) groups is 1. The zero-order valence-electron chi connectivity index (χ0n) is 25.6. The van der Waals surface area contributed by atoms with Crippen molar-refractivity contribution in [3.8, 4) is 11.1 Å². The second kappa shape index (κ2) is 11.6. The molecule has 0 spiro atoms. The van der Waals surface area contributed by atoms with Gasteiger partial charge in [-0.05, 0) is 57.9 Å². The largest absolute Gasteiger partial charge is 0.480 e. The number of fused-ring (bicyclic) bond motifs is 3. The van der Waals surface area contributed by atoms with E-state index in [9.17, 15) is 9.90 Å². The molecular formula is C37H43NO3Si. The highest BCUT2D eigenvalue weighted by molar-refractivity contribution is 6.74. The predicted octanol–water partition coefficient (Wildman–Crippen LogP) is 8.27. The van der Waals surface area contributed by atoms with E-state index in [0.717, 1.165) is 33.4 Å². The number of benzene rings is 4. The van der Waals surface area contributed by atoms with E-state index in [-0.39, 0.29) is 17.1 Å². The van der Waals surface area contributed by atoms with Crippen molar-refractivity contribution >= 4 is 14.3 Å². The van der Waals surface area contributed by atoms with Crippen LogP contribution in [0.2, 0.25) is 18.1 Å². The minimum Gasteiger partial charge on any atom is -0.480 e. The molecule has 3 atom stereocenters.